The summed E-state index contributed by atoms with van der Waals surface area (Å²) in [5.41, 5.74) is 1.62. The van der Waals surface area contributed by atoms with Gasteiger partial charge in [0.05, 0.1) is 6.04 Å². The van der Waals surface area contributed by atoms with Gasteiger partial charge in [0.15, 0.2) is 5.78 Å². The molecule has 0 bridgehead atoms. The van der Waals surface area contributed by atoms with Gasteiger partial charge in [0, 0.05) is 12.0 Å². The highest BCUT2D eigenvalue weighted by Crippen LogP contribution is 2.17. The molecule has 0 spiro atoms. The fourth-order valence-electron chi connectivity index (χ4n) is 2.24. The predicted octanol–water partition coefficient (Wildman–Crippen LogP) is 2.73. The summed E-state index contributed by atoms with van der Waals surface area (Å²) in [7, 11) is 0. The Morgan fingerprint density at radius 3 is 2.41 bits per heavy atom. The Balaban J connectivity index is 1.55. The van der Waals surface area contributed by atoms with Gasteiger partial charge in [0.25, 0.3) is 5.91 Å². The van der Waals surface area contributed by atoms with Crippen LogP contribution in [0.5, 0.6) is 5.75 Å². The molecule has 1 fully saturated rings. The lowest BCUT2D eigenvalue weighted by Gasteiger charge is -2.24. The van der Waals surface area contributed by atoms with Crippen molar-refractivity contribution >= 4 is 11.7 Å². The van der Waals surface area contributed by atoms with Crippen LogP contribution in [0.15, 0.2) is 54.6 Å². The molecule has 0 unspecified atom stereocenters. The minimum atomic E-state index is -0.304. The largest absolute Gasteiger partial charge is 0.489 e. The fraction of sp³-hybridized carbons (Fsp3) is 0.222. The van der Waals surface area contributed by atoms with Crippen molar-refractivity contribution in [2.24, 2.45) is 0 Å². The van der Waals surface area contributed by atoms with Crippen molar-refractivity contribution in [1.82, 2.24) is 5.32 Å². The molecule has 1 amide bonds. The molecule has 22 heavy (non-hydrogen) atoms. The van der Waals surface area contributed by atoms with Crippen LogP contribution in [-0.2, 0) is 11.4 Å². The molecule has 0 heterocycles. The topological polar surface area (TPSA) is 55.4 Å². The maximum absolute atomic E-state index is 12.0. The summed E-state index contributed by atoms with van der Waals surface area (Å²) in [6.45, 7) is 0.489. The van der Waals surface area contributed by atoms with Crippen LogP contribution >= 0.6 is 0 Å². The number of nitrogens with one attached hydrogen (secondary N) is 1. The molecule has 4 nitrogen and oxygen atoms in total. The van der Waals surface area contributed by atoms with Crippen molar-refractivity contribution in [3.05, 3.63) is 65.7 Å². The van der Waals surface area contributed by atoms with Crippen LogP contribution in [-0.4, -0.2) is 17.7 Å². The third-order valence-corrected chi connectivity index (χ3v) is 3.74. The average molecular weight is 295 g/mol. The first-order chi connectivity index (χ1) is 10.7. The van der Waals surface area contributed by atoms with Gasteiger partial charge in [0.2, 0.25) is 0 Å². The molecule has 2 aromatic carbocycles. The van der Waals surface area contributed by atoms with E-state index in [2.05, 4.69) is 5.32 Å². The zero-order chi connectivity index (χ0) is 15.4. The number of Topliss-reactive ketones (excluding diaryl/α,β-unsaturated/α-hetero) is 1. The molecule has 1 atom stereocenters. The number of amides is 1. The summed E-state index contributed by atoms with van der Waals surface area (Å²) in [4.78, 5) is 23.2. The lowest BCUT2D eigenvalue weighted by atomic mass is 9.91. The van der Waals surface area contributed by atoms with Gasteiger partial charge in [-0.25, -0.2) is 0 Å². The van der Waals surface area contributed by atoms with E-state index in [-0.39, 0.29) is 17.7 Å². The summed E-state index contributed by atoms with van der Waals surface area (Å²) in [6.07, 6.45) is 1.31. The Bertz CT molecular complexity index is 664. The third-order valence-electron chi connectivity index (χ3n) is 3.74. The number of carbonyl (C=O) groups excluding carboxylic acids is 2. The standard InChI is InChI=1S/C18H17NO3/c20-17-11-10-16(17)19-18(21)14-6-8-15(9-7-14)22-12-13-4-2-1-3-5-13/h1-9,16H,10-12H2,(H,19,21)/t16-/m0/s1. The number of ether oxygens (including phenoxy) is 1. The smallest absolute Gasteiger partial charge is 0.251 e. The lowest BCUT2D eigenvalue weighted by molar-refractivity contribution is -0.126. The molecule has 4 heteroatoms. The summed E-state index contributed by atoms with van der Waals surface area (Å²) in [5.74, 6) is 0.601. The third kappa shape index (κ3) is 3.34. The van der Waals surface area contributed by atoms with E-state index in [1.165, 1.54) is 0 Å². The highest BCUT2D eigenvalue weighted by atomic mass is 16.5. The monoisotopic (exact) mass is 295 g/mol. The van der Waals surface area contributed by atoms with Crippen LogP contribution in [0.1, 0.15) is 28.8 Å². The molecule has 112 valence electrons. The van der Waals surface area contributed by atoms with E-state index in [1.807, 2.05) is 30.3 Å². The van der Waals surface area contributed by atoms with Gasteiger partial charge in [0.1, 0.15) is 12.4 Å². The van der Waals surface area contributed by atoms with Crippen molar-refractivity contribution in [2.45, 2.75) is 25.5 Å². The molecule has 0 aromatic heterocycles. The van der Waals surface area contributed by atoms with Gasteiger partial charge in [-0.05, 0) is 36.2 Å². The Morgan fingerprint density at radius 2 is 1.82 bits per heavy atom. The van der Waals surface area contributed by atoms with Crippen molar-refractivity contribution in [3.8, 4) is 5.75 Å². The lowest BCUT2D eigenvalue weighted by Crippen LogP contribution is -2.47. The summed E-state index contributed by atoms with van der Waals surface area (Å²) < 4.78 is 5.67. The second kappa shape index (κ2) is 6.43. The molecule has 3 rings (SSSR count). The number of ketones is 1. The molecule has 0 aliphatic heterocycles. The van der Waals surface area contributed by atoms with Crippen LogP contribution < -0.4 is 10.1 Å². The number of hydrogen-bond donors (Lipinski definition) is 1. The molecule has 1 aliphatic carbocycles. The highest BCUT2D eigenvalue weighted by Gasteiger charge is 2.29. The van der Waals surface area contributed by atoms with Gasteiger partial charge in [-0.2, -0.15) is 0 Å². The minimum absolute atomic E-state index is 0.108. The van der Waals surface area contributed by atoms with Crippen molar-refractivity contribution in [2.75, 3.05) is 0 Å². The second-order valence-corrected chi connectivity index (χ2v) is 5.33. The van der Waals surface area contributed by atoms with E-state index >= 15 is 0 Å². The van der Waals surface area contributed by atoms with E-state index < -0.39 is 0 Å². The predicted molar refractivity (Wildman–Crippen MR) is 82.7 cm³/mol. The Hall–Kier alpha value is -2.62. The van der Waals surface area contributed by atoms with Gasteiger partial charge in [-0.15, -0.1) is 0 Å². The molecule has 0 radical (unpaired) electrons. The Kier molecular flexibility index (Phi) is 4.19. The van der Waals surface area contributed by atoms with E-state index in [0.717, 1.165) is 12.0 Å². The van der Waals surface area contributed by atoms with Gasteiger partial charge >= 0.3 is 0 Å². The molecule has 0 saturated heterocycles. The van der Waals surface area contributed by atoms with Crippen LogP contribution in [0, 0.1) is 0 Å². The maximum atomic E-state index is 12.0. The molecule has 1 saturated carbocycles. The Labute approximate surface area is 129 Å². The van der Waals surface area contributed by atoms with Gasteiger partial charge in [-0.3, -0.25) is 9.59 Å². The van der Waals surface area contributed by atoms with Crippen LogP contribution in [0.4, 0.5) is 0 Å². The van der Waals surface area contributed by atoms with Crippen LogP contribution in [0.3, 0.4) is 0 Å². The van der Waals surface area contributed by atoms with Crippen LogP contribution in [0.25, 0.3) is 0 Å². The molecule has 1 N–H and O–H groups in total. The molecular formula is C18H17NO3. The number of hydrogen-bond acceptors (Lipinski definition) is 3. The summed E-state index contributed by atoms with van der Waals surface area (Å²) in [5, 5.41) is 2.73. The molecular weight excluding hydrogens is 278 g/mol. The first-order valence-electron chi connectivity index (χ1n) is 7.33. The number of rotatable bonds is 5. The maximum Gasteiger partial charge on any atom is 0.251 e. The zero-order valence-corrected chi connectivity index (χ0v) is 12.1. The normalized spacial score (nSPS) is 16.7. The summed E-state index contributed by atoms with van der Waals surface area (Å²) >= 11 is 0. The van der Waals surface area contributed by atoms with E-state index in [0.29, 0.717) is 24.3 Å². The zero-order valence-electron chi connectivity index (χ0n) is 12.1. The highest BCUT2D eigenvalue weighted by molar-refractivity contribution is 5.99. The minimum Gasteiger partial charge on any atom is -0.489 e. The van der Waals surface area contributed by atoms with E-state index in [1.54, 1.807) is 24.3 Å². The first-order valence-corrected chi connectivity index (χ1v) is 7.33. The van der Waals surface area contributed by atoms with E-state index in [4.69, 9.17) is 4.74 Å². The van der Waals surface area contributed by atoms with Gasteiger partial charge < -0.3 is 10.1 Å². The van der Waals surface area contributed by atoms with Crippen molar-refractivity contribution < 1.29 is 14.3 Å². The SMILES string of the molecule is O=C(N[C@H]1CCC1=O)c1ccc(OCc2ccccc2)cc1. The second-order valence-electron chi connectivity index (χ2n) is 5.33. The first kappa shape index (κ1) is 14.3. The van der Waals surface area contributed by atoms with Crippen molar-refractivity contribution in [3.63, 3.8) is 0 Å². The number of benzene rings is 2. The van der Waals surface area contributed by atoms with Crippen LogP contribution in [0.2, 0.25) is 0 Å². The molecule has 1 aliphatic rings. The quantitative estimate of drug-likeness (QED) is 0.922. The summed E-state index contributed by atoms with van der Waals surface area (Å²) in [6, 6.07) is 16.5. The average Bonchev–Trinajstić information content (AvgIpc) is 2.57. The number of carbonyl (C=O) groups is 2. The van der Waals surface area contributed by atoms with E-state index in [9.17, 15) is 9.59 Å². The molecule has 2 aromatic rings. The van der Waals surface area contributed by atoms with Gasteiger partial charge in [-0.1, -0.05) is 30.3 Å². The van der Waals surface area contributed by atoms with Crippen molar-refractivity contribution in [1.29, 1.82) is 0 Å². The fourth-order valence-corrected chi connectivity index (χ4v) is 2.24. The Morgan fingerprint density at radius 1 is 1.09 bits per heavy atom.